The number of carbonyl (C=O) groups is 2. The van der Waals surface area contributed by atoms with Crippen LogP contribution in [0.5, 0.6) is 0 Å². The zero-order valence-corrected chi connectivity index (χ0v) is 17.7. The molecule has 32 heavy (non-hydrogen) atoms. The maximum absolute atomic E-state index is 13.2. The highest BCUT2D eigenvalue weighted by molar-refractivity contribution is 5.85. The molecule has 0 aliphatic carbocycles. The van der Waals surface area contributed by atoms with E-state index in [4.69, 9.17) is 4.42 Å². The highest BCUT2D eigenvalue weighted by Crippen LogP contribution is 2.37. The third-order valence-electron chi connectivity index (χ3n) is 6.02. The minimum atomic E-state index is -4.40. The average molecular weight is 450 g/mol. The smallest absolute Gasteiger partial charge is 0.416 e. The summed E-state index contributed by atoms with van der Waals surface area (Å²) >= 11 is 0. The molecule has 1 aromatic carbocycles. The normalized spacial score (nSPS) is 22.1. The van der Waals surface area contributed by atoms with Crippen molar-refractivity contribution in [1.29, 1.82) is 0 Å². The summed E-state index contributed by atoms with van der Waals surface area (Å²) in [5.74, 6) is -0.0696. The van der Waals surface area contributed by atoms with E-state index < -0.39 is 11.7 Å². The predicted octanol–water partition coefficient (Wildman–Crippen LogP) is 3.38. The molecule has 2 fully saturated rings. The van der Waals surface area contributed by atoms with Crippen molar-refractivity contribution >= 4 is 11.9 Å². The molecule has 1 N–H and O–H groups in total. The van der Waals surface area contributed by atoms with Crippen LogP contribution in [0.1, 0.15) is 47.9 Å². The number of halogens is 3. The van der Waals surface area contributed by atoms with Crippen molar-refractivity contribution < 1.29 is 27.2 Å². The molecule has 2 saturated heterocycles. The SMILES string of the molecule is CCc1coc(C2CC(c3ccc(C(F)(F)F)cc3)CN(C(=O)N3CCNC(=O)C3)C2)n1. The van der Waals surface area contributed by atoms with Crippen molar-refractivity contribution in [2.75, 3.05) is 32.7 Å². The number of rotatable bonds is 3. The Morgan fingerprint density at radius 2 is 1.91 bits per heavy atom. The lowest BCUT2D eigenvalue weighted by Gasteiger charge is -2.40. The summed E-state index contributed by atoms with van der Waals surface area (Å²) in [4.78, 5) is 32.6. The van der Waals surface area contributed by atoms with E-state index in [0.29, 0.717) is 44.9 Å². The number of hydrogen-bond donors (Lipinski definition) is 1. The van der Waals surface area contributed by atoms with Crippen molar-refractivity contribution in [2.45, 2.75) is 37.8 Å². The Morgan fingerprint density at radius 3 is 2.53 bits per heavy atom. The molecule has 1 aromatic heterocycles. The first kappa shape index (κ1) is 22.2. The van der Waals surface area contributed by atoms with Crippen LogP contribution >= 0.6 is 0 Å². The third kappa shape index (κ3) is 4.73. The summed E-state index contributed by atoms with van der Waals surface area (Å²) in [7, 11) is 0. The second-order valence-corrected chi connectivity index (χ2v) is 8.24. The van der Waals surface area contributed by atoms with Crippen LogP contribution in [0.3, 0.4) is 0 Å². The number of urea groups is 1. The molecule has 2 unspecified atom stereocenters. The van der Waals surface area contributed by atoms with Crippen LogP contribution in [0.25, 0.3) is 0 Å². The number of hydrogen-bond acceptors (Lipinski definition) is 4. The molecule has 0 bridgehead atoms. The van der Waals surface area contributed by atoms with E-state index in [1.807, 2.05) is 6.92 Å². The molecule has 3 heterocycles. The largest absolute Gasteiger partial charge is 0.448 e. The Kier molecular flexibility index (Phi) is 6.12. The fourth-order valence-corrected chi connectivity index (χ4v) is 4.29. The van der Waals surface area contributed by atoms with Crippen molar-refractivity contribution in [2.24, 2.45) is 0 Å². The zero-order chi connectivity index (χ0) is 22.9. The molecule has 3 amide bonds. The van der Waals surface area contributed by atoms with Crippen LogP contribution in [0.2, 0.25) is 0 Å². The van der Waals surface area contributed by atoms with Crippen molar-refractivity contribution in [1.82, 2.24) is 20.1 Å². The number of alkyl halides is 3. The Bertz CT molecular complexity index is 974. The van der Waals surface area contributed by atoms with E-state index >= 15 is 0 Å². The number of nitrogens with zero attached hydrogens (tertiary/aromatic N) is 3. The van der Waals surface area contributed by atoms with E-state index in [1.165, 1.54) is 17.0 Å². The second kappa shape index (κ2) is 8.84. The van der Waals surface area contributed by atoms with Crippen molar-refractivity contribution in [3.8, 4) is 0 Å². The lowest BCUT2D eigenvalue weighted by atomic mass is 9.84. The number of oxazole rings is 1. The van der Waals surface area contributed by atoms with Crippen molar-refractivity contribution in [3.63, 3.8) is 0 Å². The van der Waals surface area contributed by atoms with Gasteiger partial charge in [-0.1, -0.05) is 19.1 Å². The lowest BCUT2D eigenvalue weighted by molar-refractivity contribution is -0.137. The monoisotopic (exact) mass is 450 g/mol. The fourth-order valence-electron chi connectivity index (χ4n) is 4.29. The molecule has 2 atom stereocenters. The number of likely N-dealkylation sites (tertiary alicyclic amines) is 1. The van der Waals surface area contributed by atoms with Gasteiger partial charge >= 0.3 is 12.2 Å². The van der Waals surface area contributed by atoms with Gasteiger partial charge in [-0.05, 0) is 30.5 Å². The van der Waals surface area contributed by atoms with Gasteiger partial charge < -0.3 is 19.5 Å². The first-order valence-corrected chi connectivity index (χ1v) is 10.7. The van der Waals surface area contributed by atoms with Crippen LogP contribution in [-0.4, -0.2) is 59.4 Å². The first-order valence-electron chi connectivity index (χ1n) is 10.7. The Hall–Kier alpha value is -3.04. The molecule has 10 heteroatoms. The van der Waals surface area contributed by atoms with Gasteiger partial charge in [0, 0.05) is 32.1 Å². The number of aromatic nitrogens is 1. The molecule has 0 saturated carbocycles. The van der Waals surface area contributed by atoms with Gasteiger partial charge in [-0.15, -0.1) is 0 Å². The van der Waals surface area contributed by atoms with Gasteiger partial charge in [-0.2, -0.15) is 13.2 Å². The summed E-state index contributed by atoms with van der Waals surface area (Å²) in [6, 6.07) is 4.82. The van der Waals surface area contributed by atoms with E-state index in [2.05, 4.69) is 10.3 Å². The number of amides is 3. The Labute approximate surface area is 183 Å². The molecule has 4 rings (SSSR count). The molecule has 172 valence electrons. The third-order valence-corrected chi connectivity index (χ3v) is 6.02. The minimum Gasteiger partial charge on any atom is -0.448 e. The van der Waals surface area contributed by atoms with E-state index in [1.54, 1.807) is 11.2 Å². The number of carbonyl (C=O) groups excluding carboxylic acids is 2. The molecule has 0 spiro atoms. The minimum absolute atomic E-state index is 0.00999. The van der Waals surface area contributed by atoms with Gasteiger partial charge in [0.15, 0.2) is 5.89 Å². The molecule has 2 aliphatic rings. The van der Waals surface area contributed by atoms with Crippen LogP contribution in [0.4, 0.5) is 18.0 Å². The second-order valence-electron chi connectivity index (χ2n) is 8.24. The van der Waals surface area contributed by atoms with Gasteiger partial charge in [0.05, 0.1) is 17.2 Å². The summed E-state index contributed by atoms with van der Waals surface area (Å²) < 4.78 is 44.6. The maximum Gasteiger partial charge on any atom is 0.416 e. The molecular formula is C22H25F3N4O3. The highest BCUT2D eigenvalue weighted by Gasteiger charge is 2.37. The average Bonchev–Trinajstić information content (AvgIpc) is 3.27. The fraction of sp³-hybridized carbons (Fsp3) is 0.500. The van der Waals surface area contributed by atoms with Crippen LogP contribution < -0.4 is 5.32 Å². The van der Waals surface area contributed by atoms with Gasteiger partial charge in [0.25, 0.3) is 0 Å². The highest BCUT2D eigenvalue weighted by atomic mass is 19.4. The number of piperidine rings is 1. The molecule has 2 aromatic rings. The van der Waals surface area contributed by atoms with Gasteiger partial charge in [0.2, 0.25) is 5.91 Å². The topological polar surface area (TPSA) is 78.7 Å². The van der Waals surface area contributed by atoms with Gasteiger partial charge in [-0.25, -0.2) is 9.78 Å². The molecule has 2 aliphatic heterocycles. The van der Waals surface area contributed by atoms with E-state index in [9.17, 15) is 22.8 Å². The standard InChI is InChI=1S/C22H25F3N4O3/c1-2-18-13-32-20(27-18)16-9-15(14-3-5-17(6-4-14)22(23,24)25)10-29(11-16)21(31)28-8-7-26-19(30)12-28/h3-6,13,15-16H,2,7-12H2,1H3,(H,26,30). The van der Waals surface area contributed by atoms with Crippen molar-refractivity contribution in [3.05, 3.63) is 53.2 Å². The summed E-state index contributed by atoms with van der Waals surface area (Å²) in [6.45, 7) is 3.48. The van der Waals surface area contributed by atoms with Gasteiger partial charge in [0.1, 0.15) is 12.8 Å². The Morgan fingerprint density at radius 1 is 1.19 bits per heavy atom. The van der Waals surface area contributed by atoms with Gasteiger partial charge in [-0.3, -0.25) is 4.79 Å². The number of aryl methyl sites for hydroxylation is 1. The zero-order valence-electron chi connectivity index (χ0n) is 17.7. The maximum atomic E-state index is 13.2. The van der Waals surface area contributed by atoms with Crippen LogP contribution in [0.15, 0.2) is 34.9 Å². The summed E-state index contributed by atoms with van der Waals surface area (Å²) in [6.07, 6.45) is -1.50. The first-order chi connectivity index (χ1) is 15.2. The van der Waals surface area contributed by atoms with Crippen LogP contribution in [-0.2, 0) is 17.4 Å². The number of piperazine rings is 1. The van der Waals surface area contributed by atoms with E-state index in [-0.39, 0.29) is 30.3 Å². The number of nitrogens with one attached hydrogen (secondary N) is 1. The van der Waals surface area contributed by atoms with Crippen LogP contribution in [0, 0.1) is 0 Å². The summed E-state index contributed by atoms with van der Waals surface area (Å²) in [5.41, 5.74) is 0.822. The molecule has 0 radical (unpaired) electrons. The van der Waals surface area contributed by atoms with E-state index in [0.717, 1.165) is 23.4 Å². The molecular weight excluding hydrogens is 425 g/mol. The number of benzene rings is 1. The Balaban J connectivity index is 1.59. The predicted molar refractivity (Wildman–Crippen MR) is 109 cm³/mol. The summed E-state index contributed by atoms with van der Waals surface area (Å²) in [5, 5.41) is 2.70. The lowest BCUT2D eigenvalue weighted by Crippen LogP contribution is -2.56. The quantitative estimate of drug-likeness (QED) is 0.778. The molecule has 7 nitrogen and oxygen atoms in total.